The van der Waals surface area contributed by atoms with Crippen LogP contribution in [0.15, 0.2) is 23.2 Å². The van der Waals surface area contributed by atoms with E-state index in [1.165, 1.54) is 31.7 Å². The van der Waals surface area contributed by atoms with E-state index in [4.69, 9.17) is 4.74 Å². The van der Waals surface area contributed by atoms with Crippen molar-refractivity contribution in [1.29, 1.82) is 0 Å². The third-order valence-corrected chi connectivity index (χ3v) is 3.47. The highest BCUT2D eigenvalue weighted by atomic mass is 127. The molecule has 1 fully saturated rings. The van der Waals surface area contributed by atoms with Gasteiger partial charge in [-0.1, -0.05) is 12.8 Å². The van der Waals surface area contributed by atoms with Crippen molar-refractivity contribution in [1.82, 2.24) is 10.6 Å². The highest BCUT2D eigenvalue weighted by Gasteiger charge is 2.15. The van der Waals surface area contributed by atoms with E-state index < -0.39 is 11.6 Å². The van der Waals surface area contributed by atoms with Crippen molar-refractivity contribution >= 4 is 29.9 Å². The zero-order valence-corrected chi connectivity index (χ0v) is 14.9. The van der Waals surface area contributed by atoms with Crippen LogP contribution in [0, 0.1) is 11.6 Å². The van der Waals surface area contributed by atoms with Crippen molar-refractivity contribution in [3.63, 3.8) is 0 Å². The van der Waals surface area contributed by atoms with E-state index in [0.717, 1.165) is 18.1 Å². The Hall–Kier alpha value is -1.12. The Kier molecular flexibility index (Phi) is 8.44. The van der Waals surface area contributed by atoms with Gasteiger partial charge in [-0.3, -0.25) is 4.99 Å². The number of nitrogens with one attached hydrogen (secondary N) is 2. The average molecular weight is 425 g/mol. The molecule has 1 saturated carbocycles. The van der Waals surface area contributed by atoms with Gasteiger partial charge in [0.2, 0.25) is 0 Å². The minimum absolute atomic E-state index is 0. The third kappa shape index (κ3) is 5.94. The average Bonchev–Trinajstić information content (AvgIpc) is 2.99. The molecule has 7 heteroatoms. The zero-order valence-electron chi connectivity index (χ0n) is 12.6. The van der Waals surface area contributed by atoms with Crippen LogP contribution in [-0.2, 0) is 0 Å². The molecular formula is C15H22F2IN3O. The molecule has 2 rings (SSSR count). The lowest BCUT2D eigenvalue weighted by molar-refractivity contribution is 0.318. The molecule has 1 aromatic carbocycles. The standard InChI is InChI=1S/C15H21F2N3O.HI/c1-18-15(20-11-4-2-3-5-11)19-8-9-21-12-6-7-13(16)14(17)10-12;/h6-7,10-11H,2-5,8-9H2,1H3,(H2,18,19,20);1H. The van der Waals surface area contributed by atoms with Gasteiger partial charge < -0.3 is 15.4 Å². The Labute approximate surface area is 146 Å². The molecule has 0 spiro atoms. The molecule has 0 atom stereocenters. The third-order valence-electron chi connectivity index (χ3n) is 3.47. The summed E-state index contributed by atoms with van der Waals surface area (Å²) in [7, 11) is 1.72. The Balaban J connectivity index is 0.00000242. The summed E-state index contributed by atoms with van der Waals surface area (Å²) in [5, 5.41) is 6.49. The van der Waals surface area contributed by atoms with Gasteiger partial charge in [0, 0.05) is 19.2 Å². The topological polar surface area (TPSA) is 45.7 Å². The Morgan fingerprint density at radius 3 is 2.64 bits per heavy atom. The number of rotatable bonds is 5. The fraction of sp³-hybridized carbons (Fsp3) is 0.533. The van der Waals surface area contributed by atoms with Crippen LogP contribution in [0.3, 0.4) is 0 Å². The summed E-state index contributed by atoms with van der Waals surface area (Å²) in [5.41, 5.74) is 0. The van der Waals surface area contributed by atoms with Crippen molar-refractivity contribution in [2.75, 3.05) is 20.2 Å². The van der Waals surface area contributed by atoms with E-state index in [1.807, 2.05) is 0 Å². The summed E-state index contributed by atoms with van der Waals surface area (Å²) in [4.78, 5) is 4.15. The highest BCUT2D eigenvalue weighted by Crippen LogP contribution is 2.17. The fourth-order valence-corrected chi connectivity index (χ4v) is 2.36. The van der Waals surface area contributed by atoms with Crippen molar-refractivity contribution < 1.29 is 13.5 Å². The van der Waals surface area contributed by atoms with E-state index in [1.54, 1.807) is 7.05 Å². The first-order chi connectivity index (χ1) is 10.2. The first-order valence-electron chi connectivity index (χ1n) is 7.24. The van der Waals surface area contributed by atoms with Gasteiger partial charge in [-0.05, 0) is 25.0 Å². The predicted molar refractivity (Wildman–Crippen MR) is 94.0 cm³/mol. The van der Waals surface area contributed by atoms with Crippen LogP contribution >= 0.6 is 24.0 Å². The SMILES string of the molecule is CN=C(NCCOc1ccc(F)c(F)c1)NC1CCCC1.I. The summed E-state index contributed by atoms with van der Waals surface area (Å²) in [6.45, 7) is 0.877. The molecule has 0 bridgehead atoms. The number of hydrogen-bond acceptors (Lipinski definition) is 2. The van der Waals surface area contributed by atoms with Gasteiger partial charge in [0.1, 0.15) is 12.4 Å². The molecule has 1 aliphatic rings. The van der Waals surface area contributed by atoms with Crippen molar-refractivity contribution in [2.45, 2.75) is 31.7 Å². The van der Waals surface area contributed by atoms with E-state index in [2.05, 4.69) is 15.6 Å². The monoisotopic (exact) mass is 425 g/mol. The number of halogens is 3. The lowest BCUT2D eigenvalue weighted by Gasteiger charge is -2.17. The van der Waals surface area contributed by atoms with Gasteiger partial charge in [0.25, 0.3) is 0 Å². The molecule has 124 valence electrons. The molecule has 1 aliphatic carbocycles. The summed E-state index contributed by atoms with van der Waals surface area (Å²) in [6.07, 6.45) is 4.86. The van der Waals surface area contributed by atoms with Crippen LogP contribution in [0.4, 0.5) is 8.78 Å². The molecule has 2 N–H and O–H groups in total. The summed E-state index contributed by atoms with van der Waals surface area (Å²) in [6, 6.07) is 3.99. The number of guanidine groups is 1. The maximum atomic E-state index is 13.0. The molecule has 22 heavy (non-hydrogen) atoms. The molecule has 0 unspecified atom stereocenters. The second-order valence-corrected chi connectivity index (χ2v) is 5.05. The molecule has 0 heterocycles. The largest absolute Gasteiger partial charge is 0.492 e. The van der Waals surface area contributed by atoms with E-state index in [-0.39, 0.29) is 24.0 Å². The number of ether oxygens (including phenoxy) is 1. The number of benzene rings is 1. The highest BCUT2D eigenvalue weighted by molar-refractivity contribution is 14.0. The zero-order chi connectivity index (χ0) is 15.1. The second-order valence-electron chi connectivity index (χ2n) is 5.05. The molecule has 0 radical (unpaired) electrons. The van der Waals surface area contributed by atoms with Crippen LogP contribution in [0.2, 0.25) is 0 Å². The van der Waals surface area contributed by atoms with Crippen LogP contribution < -0.4 is 15.4 Å². The van der Waals surface area contributed by atoms with Gasteiger partial charge >= 0.3 is 0 Å². The van der Waals surface area contributed by atoms with Crippen LogP contribution in [0.1, 0.15) is 25.7 Å². The second kappa shape index (κ2) is 9.81. The normalized spacial score (nSPS) is 15.3. The Bertz CT molecular complexity index is 494. The summed E-state index contributed by atoms with van der Waals surface area (Å²) >= 11 is 0. The maximum absolute atomic E-state index is 13.0. The summed E-state index contributed by atoms with van der Waals surface area (Å²) in [5.74, 6) is -0.717. The van der Waals surface area contributed by atoms with Crippen LogP contribution in [-0.4, -0.2) is 32.2 Å². The quantitative estimate of drug-likeness (QED) is 0.330. The molecule has 1 aromatic rings. The molecule has 0 aliphatic heterocycles. The van der Waals surface area contributed by atoms with Crippen LogP contribution in [0.5, 0.6) is 5.75 Å². The first kappa shape index (κ1) is 18.9. The van der Waals surface area contributed by atoms with Gasteiger partial charge in [-0.15, -0.1) is 24.0 Å². The number of nitrogens with zero attached hydrogens (tertiary/aromatic N) is 1. The van der Waals surface area contributed by atoms with E-state index in [0.29, 0.717) is 24.9 Å². The first-order valence-corrected chi connectivity index (χ1v) is 7.24. The smallest absolute Gasteiger partial charge is 0.191 e. The fourth-order valence-electron chi connectivity index (χ4n) is 2.36. The molecule has 0 aromatic heterocycles. The Morgan fingerprint density at radius 1 is 1.27 bits per heavy atom. The number of aliphatic imine (C=N–C) groups is 1. The molecule has 0 amide bonds. The van der Waals surface area contributed by atoms with Gasteiger partial charge in [-0.2, -0.15) is 0 Å². The maximum Gasteiger partial charge on any atom is 0.191 e. The lowest BCUT2D eigenvalue weighted by Crippen LogP contribution is -2.43. The minimum Gasteiger partial charge on any atom is -0.492 e. The molecule has 0 saturated heterocycles. The van der Waals surface area contributed by atoms with Gasteiger partial charge in [0.15, 0.2) is 17.6 Å². The minimum atomic E-state index is -0.904. The summed E-state index contributed by atoms with van der Waals surface area (Å²) < 4.78 is 31.1. The Morgan fingerprint density at radius 2 is 2.00 bits per heavy atom. The van der Waals surface area contributed by atoms with Crippen LogP contribution in [0.25, 0.3) is 0 Å². The van der Waals surface area contributed by atoms with Crippen molar-refractivity contribution in [2.24, 2.45) is 4.99 Å². The predicted octanol–water partition coefficient (Wildman–Crippen LogP) is 3.07. The molecule has 4 nitrogen and oxygen atoms in total. The van der Waals surface area contributed by atoms with E-state index >= 15 is 0 Å². The van der Waals surface area contributed by atoms with E-state index in [9.17, 15) is 8.78 Å². The number of hydrogen-bond donors (Lipinski definition) is 2. The van der Waals surface area contributed by atoms with Crippen molar-refractivity contribution in [3.8, 4) is 5.75 Å². The van der Waals surface area contributed by atoms with Crippen molar-refractivity contribution in [3.05, 3.63) is 29.8 Å². The van der Waals surface area contributed by atoms with Gasteiger partial charge in [-0.25, -0.2) is 8.78 Å². The molecular weight excluding hydrogens is 403 g/mol. The lowest BCUT2D eigenvalue weighted by atomic mass is 10.2. The van der Waals surface area contributed by atoms with Gasteiger partial charge in [0.05, 0.1) is 6.54 Å².